The highest BCUT2D eigenvalue weighted by molar-refractivity contribution is 5.79. The molecule has 22 heavy (non-hydrogen) atoms. The molecule has 1 atom stereocenters. The van der Waals surface area contributed by atoms with Crippen LogP contribution in [0.2, 0.25) is 0 Å². The van der Waals surface area contributed by atoms with Crippen molar-refractivity contribution in [1.82, 2.24) is 0 Å². The van der Waals surface area contributed by atoms with E-state index in [9.17, 15) is 0 Å². The third-order valence-electron chi connectivity index (χ3n) is 6.05. The van der Waals surface area contributed by atoms with Crippen molar-refractivity contribution in [3.63, 3.8) is 0 Å². The monoisotopic (exact) mass is 290 g/mol. The van der Waals surface area contributed by atoms with E-state index in [0.29, 0.717) is 5.41 Å². The SMILES string of the molecule is Cc1c2c(cc3c1Cc1ccccc1-3)CC(C(C)(C)C)CC2. The molecule has 4 rings (SSSR count). The smallest absolute Gasteiger partial charge is 0.00107 e. The van der Waals surface area contributed by atoms with E-state index in [2.05, 4.69) is 58.0 Å². The summed E-state index contributed by atoms with van der Waals surface area (Å²) in [5.74, 6) is 0.814. The first-order valence-corrected chi connectivity index (χ1v) is 8.67. The summed E-state index contributed by atoms with van der Waals surface area (Å²) in [5, 5.41) is 0. The quantitative estimate of drug-likeness (QED) is 0.497. The van der Waals surface area contributed by atoms with Crippen molar-refractivity contribution in [2.24, 2.45) is 11.3 Å². The van der Waals surface area contributed by atoms with Crippen LogP contribution in [0, 0.1) is 18.3 Å². The number of hydrogen-bond donors (Lipinski definition) is 0. The first-order valence-electron chi connectivity index (χ1n) is 8.67. The first-order chi connectivity index (χ1) is 10.4. The Bertz CT molecular complexity index is 743. The Morgan fingerprint density at radius 1 is 0.955 bits per heavy atom. The second-order valence-electron chi connectivity index (χ2n) is 8.31. The molecule has 2 aromatic rings. The van der Waals surface area contributed by atoms with Gasteiger partial charge in [0.2, 0.25) is 0 Å². The average Bonchev–Trinajstić information content (AvgIpc) is 2.85. The van der Waals surface area contributed by atoms with Gasteiger partial charge in [-0.2, -0.15) is 0 Å². The van der Waals surface area contributed by atoms with Gasteiger partial charge in [0.1, 0.15) is 0 Å². The predicted octanol–water partition coefficient (Wildman–Crippen LogP) is 5.72. The zero-order chi connectivity index (χ0) is 15.5. The average molecular weight is 290 g/mol. The molecule has 0 heteroatoms. The van der Waals surface area contributed by atoms with E-state index in [4.69, 9.17) is 0 Å². The van der Waals surface area contributed by atoms with E-state index in [1.165, 1.54) is 36.0 Å². The Labute approximate surface area is 134 Å². The molecule has 0 spiro atoms. The maximum atomic E-state index is 2.53. The largest absolute Gasteiger partial charge is 0.0619 e. The summed E-state index contributed by atoms with van der Waals surface area (Å²) in [7, 11) is 0. The Morgan fingerprint density at radius 3 is 2.50 bits per heavy atom. The van der Waals surface area contributed by atoms with Gasteiger partial charge in [0.15, 0.2) is 0 Å². The summed E-state index contributed by atoms with van der Waals surface area (Å²) >= 11 is 0. The zero-order valence-electron chi connectivity index (χ0n) is 14.3. The van der Waals surface area contributed by atoms with Crippen molar-refractivity contribution in [2.45, 2.75) is 53.4 Å². The van der Waals surface area contributed by atoms with Crippen LogP contribution in [0.3, 0.4) is 0 Å². The lowest BCUT2D eigenvalue weighted by atomic mass is 9.69. The summed E-state index contributed by atoms with van der Waals surface area (Å²) in [6.45, 7) is 9.56. The molecule has 1 unspecified atom stereocenters. The maximum Gasteiger partial charge on any atom is -0.00107 e. The second-order valence-corrected chi connectivity index (χ2v) is 8.31. The van der Waals surface area contributed by atoms with Gasteiger partial charge < -0.3 is 0 Å². The van der Waals surface area contributed by atoms with Gasteiger partial charge in [-0.1, -0.05) is 51.1 Å². The summed E-state index contributed by atoms with van der Waals surface area (Å²) in [6, 6.07) is 11.5. The highest BCUT2D eigenvalue weighted by atomic mass is 14.4. The van der Waals surface area contributed by atoms with Crippen molar-refractivity contribution in [3.05, 3.63) is 58.1 Å². The van der Waals surface area contributed by atoms with Gasteiger partial charge in [-0.05, 0) is 82.9 Å². The maximum absolute atomic E-state index is 2.53. The summed E-state index contributed by atoms with van der Waals surface area (Å²) < 4.78 is 0. The molecular weight excluding hydrogens is 264 g/mol. The number of rotatable bonds is 0. The minimum absolute atomic E-state index is 0.419. The van der Waals surface area contributed by atoms with Crippen LogP contribution in [-0.4, -0.2) is 0 Å². The fourth-order valence-corrected chi connectivity index (χ4v) is 4.52. The lowest BCUT2D eigenvalue weighted by Gasteiger charge is -2.36. The van der Waals surface area contributed by atoms with Gasteiger partial charge in [0, 0.05) is 0 Å². The summed E-state index contributed by atoms with van der Waals surface area (Å²) in [6.07, 6.45) is 5.01. The van der Waals surface area contributed by atoms with Gasteiger partial charge in [-0.15, -0.1) is 0 Å². The predicted molar refractivity (Wildman–Crippen MR) is 94.4 cm³/mol. The lowest BCUT2D eigenvalue weighted by molar-refractivity contribution is 0.216. The third kappa shape index (κ3) is 2.04. The third-order valence-corrected chi connectivity index (χ3v) is 6.05. The molecule has 0 bridgehead atoms. The van der Waals surface area contributed by atoms with Crippen LogP contribution in [0.5, 0.6) is 0 Å². The van der Waals surface area contributed by atoms with Crippen LogP contribution in [-0.2, 0) is 19.3 Å². The second kappa shape index (κ2) is 4.72. The molecule has 2 aromatic carbocycles. The number of hydrogen-bond acceptors (Lipinski definition) is 0. The van der Waals surface area contributed by atoms with E-state index >= 15 is 0 Å². The first kappa shape index (κ1) is 14.1. The van der Waals surface area contributed by atoms with E-state index in [1.807, 2.05) is 0 Å². The van der Waals surface area contributed by atoms with Crippen LogP contribution < -0.4 is 0 Å². The van der Waals surface area contributed by atoms with Crippen molar-refractivity contribution >= 4 is 0 Å². The molecule has 0 radical (unpaired) electrons. The van der Waals surface area contributed by atoms with Crippen LogP contribution in [0.25, 0.3) is 11.1 Å². The standard InChI is InChI=1S/C22H26/c1-14-18-10-9-17(22(2,3)4)11-16(18)13-21-19-8-6-5-7-15(19)12-20(14)21/h5-8,13,17H,9-12H2,1-4H3. The van der Waals surface area contributed by atoms with E-state index in [0.717, 1.165) is 12.3 Å². The molecule has 0 heterocycles. The molecule has 2 aliphatic carbocycles. The minimum atomic E-state index is 0.419. The lowest BCUT2D eigenvalue weighted by Crippen LogP contribution is -2.27. The normalized spacial score (nSPS) is 19.5. The summed E-state index contributed by atoms with van der Waals surface area (Å²) in [4.78, 5) is 0. The van der Waals surface area contributed by atoms with Gasteiger partial charge in [0.25, 0.3) is 0 Å². The number of benzene rings is 2. The fraction of sp³-hybridized carbons (Fsp3) is 0.455. The van der Waals surface area contributed by atoms with E-state index in [-0.39, 0.29) is 0 Å². The Morgan fingerprint density at radius 2 is 1.73 bits per heavy atom. The van der Waals surface area contributed by atoms with Crippen molar-refractivity contribution in [3.8, 4) is 11.1 Å². The Kier molecular flexibility index (Phi) is 3.01. The molecule has 0 saturated heterocycles. The minimum Gasteiger partial charge on any atom is -0.0619 e. The highest BCUT2D eigenvalue weighted by Crippen LogP contribution is 2.44. The molecule has 0 fully saturated rings. The van der Waals surface area contributed by atoms with Crippen LogP contribution in [0.1, 0.15) is 55.0 Å². The van der Waals surface area contributed by atoms with E-state index in [1.54, 1.807) is 22.3 Å². The molecular formula is C22H26. The molecule has 0 amide bonds. The van der Waals surface area contributed by atoms with Crippen LogP contribution in [0.4, 0.5) is 0 Å². The fourth-order valence-electron chi connectivity index (χ4n) is 4.52. The van der Waals surface area contributed by atoms with Gasteiger partial charge >= 0.3 is 0 Å². The molecule has 114 valence electrons. The molecule has 0 aromatic heterocycles. The molecule has 2 aliphatic rings. The van der Waals surface area contributed by atoms with Crippen molar-refractivity contribution in [2.75, 3.05) is 0 Å². The summed E-state index contributed by atoms with van der Waals surface area (Å²) in [5.41, 5.74) is 11.4. The van der Waals surface area contributed by atoms with Gasteiger partial charge in [-0.25, -0.2) is 0 Å². The Hall–Kier alpha value is -1.56. The Balaban J connectivity index is 1.83. The van der Waals surface area contributed by atoms with Crippen molar-refractivity contribution in [1.29, 1.82) is 0 Å². The number of fused-ring (bicyclic) bond motifs is 4. The topological polar surface area (TPSA) is 0 Å². The van der Waals surface area contributed by atoms with Gasteiger partial charge in [-0.3, -0.25) is 0 Å². The van der Waals surface area contributed by atoms with Crippen molar-refractivity contribution < 1.29 is 0 Å². The molecule has 0 saturated carbocycles. The zero-order valence-corrected chi connectivity index (χ0v) is 14.3. The van der Waals surface area contributed by atoms with Crippen LogP contribution in [0.15, 0.2) is 30.3 Å². The molecule has 0 aliphatic heterocycles. The molecule has 0 N–H and O–H groups in total. The van der Waals surface area contributed by atoms with Gasteiger partial charge in [0.05, 0.1) is 0 Å². The van der Waals surface area contributed by atoms with Crippen LogP contribution >= 0.6 is 0 Å². The van der Waals surface area contributed by atoms with E-state index < -0.39 is 0 Å². The molecule has 0 nitrogen and oxygen atoms in total. The highest BCUT2D eigenvalue weighted by Gasteiger charge is 2.31.